The summed E-state index contributed by atoms with van der Waals surface area (Å²) in [6, 6.07) is 2.97. The number of rotatable bonds is 6. The zero-order chi connectivity index (χ0) is 16.8. The van der Waals surface area contributed by atoms with Crippen LogP contribution >= 0.6 is 0 Å². The quantitative estimate of drug-likeness (QED) is 0.807. The normalized spacial score (nSPS) is 18.0. The molecule has 1 fully saturated rings. The molecule has 1 N–H and O–H groups in total. The van der Waals surface area contributed by atoms with E-state index in [4.69, 9.17) is 14.2 Å². The molecule has 0 bridgehead atoms. The van der Waals surface area contributed by atoms with E-state index in [2.05, 4.69) is 5.10 Å². The van der Waals surface area contributed by atoms with Gasteiger partial charge in [-0.15, -0.1) is 0 Å². The van der Waals surface area contributed by atoms with E-state index < -0.39 is 12.0 Å². The molecule has 0 aliphatic carbocycles. The average molecular weight is 322 g/mol. The van der Waals surface area contributed by atoms with Crippen LogP contribution in [-0.2, 0) is 4.79 Å². The highest BCUT2D eigenvalue weighted by atomic mass is 16.5. The third-order valence-corrected chi connectivity index (χ3v) is 3.80. The van der Waals surface area contributed by atoms with E-state index in [1.807, 2.05) is 0 Å². The maximum atomic E-state index is 11.3. The first-order valence-corrected chi connectivity index (χ1v) is 7.44. The number of aliphatic carboxylic acids is 1. The molecule has 0 radical (unpaired) electrons. The number of carbonyl (C=O) groups is 1. The Bertz CT molecular complexity index is 563. The molecular formula is C16H22N2O5. The standard InChI is InChI=1S/C16H22N2O5/c1-21-13-8-11(9-14(22-2)15(13)23-3)10-17-18-7-5-4-6-12(18)16(19)20/h8-10,12H,4-7H2,1-3H3,(H,19,20)/b17-10+. The summed E-state index contributed by atoms with van der Waals surface area (Å²) in [6.45, 7) is 0.637. The van der Waals surface area contributed by atoms with Gasteiger partial charge in [0.15, 0.2) is 11.5 Å². The number of hydrogen-bond acceptors (Lipinski definition) is 6. The van der Waals surface area contributed by atoms with Crippen LogP contribution in [0.2, 0.25) is 0 Å². The Kier molecular flexibility index (Phi) is 5.67. The lowest BCUT2D eigenvalue weighted by Crippen LogP contribution is -2.41. The van der Waals surface area contributed by atoms with Crippen LogP contribution in [0.1, 0.15) is 24.8 Å². The number of nitrogens with zero attached hydrogens (tertiary/aromatic N) is 2. The van der Waals surface area contributed by atoms with E-state index in [0.717, 1.165) is 18.4 Å². The van der Waals surface area contributed by atoms with Gasteiger partial charge in [-0.2, -0.15) is 5.10 Å². The molecule has 0 saturated carbocycles. The van der Waals surface area contributed by atoms with Gasteiger partial charge in [-0.25, -0.2) is 4.79 Å². The van der Waals surface area contributed by atoms with Crippen molar-refractivity contribution < 1.29 is 24.1 Å². The van der Waals surface area contributed by atoms with Crippen molar-refractivity contribution in [2.45, 2.75) is 25.3 Å². The Morgan fingerprint density at radius 2 is 1.87 bits per heavy atom. The summed E-state index contributed by atoms with van der Waals surface area (Å²) in [6.07, 6.45) is 4.08. The van der Waals surface area contributed by atoms with Gasteiger partial charge in [0.1, 0.15) is 6.04 Å². The molecule has 0 spiro atoms. The summed E-state index contributed by atoms with van der Waals surface area (Å²) in [7, 11) is 4.63. The molecule has 1 unspecified atom stereocenters. The average Bonchev–Trinajstić information content (AvgIpc) is 2.58. The molecule has 7 heteroatoms. The van der Waals surface area contributed by atoms with Gasteiger partial charge in [-0.1, -0.05) is 0 Å². The number of piperidine rings is 1. The van der Waals surface area contributed by atoms with Crippen molar-refractivity contribution in [1.29, 1.82) is 0 Å². The van der Waals surface area contributed by atoms with E-state index in [1.54, 1.807) is 44.7 Å². The van der Waals surface area contributed by atoms with Crippen molar-refractivity contribution in [2.75, 3.05) is 27.9 Å². The van der Waals surface area contributed by atoms with Crippen molar-refractivity contribution >= 4 is 12.2 Å². The van der Waals surface area contributed by atoms with Gasteiger partial charge in [0.2, 0.25) is 5.75 Å². The number of methoxy groups -OCH3 is 3. The van der Waals surface area contributed by atoms with E-state index in [9.17, 15) is 9.90 Å². The van der Waals surface area contributed by atoms with Crippen molar-refractivity contribution in [3.8, 4) is 17.2 Å². The SMILES string of the molecule is COc1cc(/C=N/N2CCCCC2C(=O)O)cc(OC)c1OC. The summed E-state index contributed by atoms with van der Waals surface area (Å²) in [5, 5.41) is 15.2. The molecule has 1 atom stereocenters. The highest BCUT2D eigenvalue weighted by molar-refractivity contribution is 5.82. The van der Waals surface area contributed by atoms with Gasteiger partial charge in [-0.3, -0.25) is 5.01 Å². The second-order valence-electron chi connectivity index (χ2n) is 5.22. The van der Waals surface area contributed by atoms with Crippen LogP contribution in [0.3, 0.4) is 0 Å². The van der Waals surface area contributed by atoms with Gasteiger partial charge in [0, 0.05) is 12.1 Å². The molecule has 1 heterocycles. The van der Waals surface area contributed by atoms with Crippen molar-refractivity contribution in [1.82, 2.24) is 5.01 Å². The predicted molar refractivity (Wildman–Crippen MR) is 85.7 cm³/mol. The molecule has 2 rings (SSSR count). The lowest BCUT2D eigenvalue weighted by atomic mass is 10.0. The molecule has 23 heavy (non-hydrogen) atoms. The Hall–Kier alpha value is -2.44. The summed E-state index contributed by atoms with van der Waals surface area (Å²) in [4.78, 5) is 11.3. The number of carboxylic acid groups (broad SMARTS) is 1. The van der Waals surface area contributed by atoms with Crippen LogP contribution in [-0.4, -0.2) is 56.2 Å². The first kappa shape index (κ1) is 16.9. The van der Waals surface area contributed by atoms with E-state index in [1.165, 1.54) is 0 Å². The van der Waals surface area contributed by atoms with Crippen LogP contribution in [0.4, 0.5) is 0 Å². The highest BCUT2D eigenvalue weighted by Gasteiger charge is 2.27. The van der Waals surface area contributed by atoms with Crippen LogP contribution in [0.15, 0.2) is 17.2 Å². The minimum absolute atomic E-state index is 0.508. The Morgan fingerprint density at radius 1 is 1.22 bits per heavy atom. The van der Waals surface area contributed by atoms with Gasteiger partial charge in [0.05, 0.1) is 27.5 Å². The molecule has 0 amide bonds. The van der Waals surface area contributed by atoms with Gasteiger partial charge >= 0.3 is 5.97 Å². The second kappa shape index (κ2) is 7.71. The lowest BCUT2D eigenvalue weighted by molar-refractivity contribution is -0.144. The molecule has 7 nitrogen and oxygen atoms in total. The highest BCUT2D eigenvalue weighted by Crippen LogP contribution is 2.37. The fraction of sp³-hybridized carbons (Fsp3) is 0.500. The largest absolute Gasteiger partial charge is 0.493 e. The third-order valence-electron chi connectivity index (χ3n) is 3.80. The van der Waals surface area contributed by atoms with E-state index in [-0.39, 0.29) is 0 Å². The molecular weight excluding hydrogens is 300 g/mol. The number of benzene rings is 1. The van der Waals surface area contributed by atoms with Gasteiger partial charge in [-0.05, 0) is 31.4 Å². The summed E-state index contributed by atoms with van der Waals surface area (Å²) >= 11 is 0. The molecule has 126 valence electrons. The summed E-state index contributed by atoms with van der Waals surface area (Å²) < 4.78 is 15.9. The fourth-order valence-corrected chi connectivity index (χ4v) is 2.62. The first-order valence-electron chi connectivity index (χ1n) is 7.44. The number of ether oxygens (including phenoxy) is 3. The van der Waals surface area contributed by atoms with E-state index in [0.29, 0.717) is 30.2 Å². The minimum Gasteiger partial charge on any atom is -0.493 e. The Labute approximate surface area is 135 Å². The maximum absolute atomic E-state index is 11.3. The molecule has 1 aromatic carbocycles. The first-order chi connectivity index (χ1) is 11.1. The van der Waals surface area contributed by atoms with Crippen LogP contribution < -0.4 is 14.2 Å². The monoisotopic (exact) mass is 322 g/mol. The van der Waals surface area contributed by atoms with Gasteiger partial charge in [0.25, 0.3) is 0 Å². The topological polar surface area (TPSA) is 80.6 Å². The number of hydrogen-bond donors (Lipinski definition) is 1. The van der Waals surface area contributed by atoms with Crippen molar-refractivity contribution in [3.63, 3.8) is 0 Å². The lowest BCUT2D eigenvalue weighted by Gasteiger charge is -2.30. The van der Waals surface area contributed by atoms with Crippen molar-refractivity contribution in [3.05, 3.63) is 17.7 Å². The Balaban J connectivity index is 2.26. The molecule has 0 aromatic heterocycles. The number of carboxylic acids is 1. The maximum Gasteiger partial charge on any atom is 0.328 e. The fourth-order valence-electron chi connectivity index (χ4n) is 2.62. The van der Waals surface area contributed by atoms with Crippen LogP contribution in [0, 0.1) is 0 Å². The number of hydrazone groups is 1. The van der Waals surface area contributed by atoms with Crippen LogP contribution in [0.5, 0.6) is 17.2 Å². The Morgan fingerprint density at radius 3 is 2.39 bits per heavy atom. The summed E-state index contributed by atoms with van der Waals surface area (Å²) in [5.74, 6) is 0.726. The molecule has 1 aliphatic heterocycles. The van der Waals surface area contributed by atoms with Crippen LogP contribution in [0.25, 0.3) is 0 Å². The van der Waals surface area contributed by atoms with Gasteiger partial charge < -0.3 is 19.3 Å². The zero-order valence-corrected chi connectivity index (χ0v) is 13.6. The van der Waals surface area contributed by atoms with E-state index >= 15 is 0 Å². The predicted octanol–water partition coefficient (Wildman–Crippen LogP) is 1.99. The van der Waals surface area contributed by atoms with Crippen molar-refractivity contribution in [2.24, 2.45) is 5.10 Å². The third kappa shape index (κ3) is 3.85. The zero-order valence-electron chi connectivity index (χ0n) is 13.6. The summed E-state index contributed by atoms with van der Waals surface area (Å²) in [5.41, 5.74) is 0.745. The molecule has 1 aliphatic rings. The molecule has 1 aromatic rings. The molecule has 1 saturated heterocycles. The smallest absolute Gasteiger partial charge is 0.328 e. The minimum atomic E-state index is -0.841. The second-order valence-corrected chi connectivity index (χ2v) is 5.22.